The van der Waals surface area contributed by atoms with Gasteiger partial charge < -0.3 is 29.5 Å². The number of aromatic nitrogens is 2. The van der Waals surface area contributed by atoms with Gasteiger partial charge in [-0.05, 0) is 107 Å². The van der Waals surface area contributed by atoms with Gasteiger partial charge >= 0.3 is 12.3 Å². The van der Waals surface area contributed by atoms with E-state index in [-0.39, 0.29) is 17.9 Å². The molecule has 1 amide bonds. The monoisotopic (exact) mass is 684 g/mol. The second-order valence-electron chi connectivity index (χ2n) is 12.6. The molecule has 0 atom stereocenters. The number of amides is 1. The number of ether oxygens (including phenoxy) is 2. The third-order valence-corrected chi connectivity index (χ3v) is 8.53. The SMILES string of the molecule is C=Cc1cc2c(N3CCCCN(C(=O)OC(C)(C)C)CCCC3)nc(NC3CCN(C)CC3)nc2c(OCC(F)(F)F)c1Br. The number of nitrogens with one attached hydrogen (secondary N) is 1. The van der Waals surface area contributed by atoms with Crippen LogP contribution >= 0.6 is 15.9 Å². The van der Waals surface area contributed by atoms with E-state index in [2.05, 4.69) is 44.7 Å². The van der Waals surface area contributed by atoms with Crippen LogP contribution in [0, 0.1) is 0 Å². The van der Waals surface area contributed by atoms with Crippen LogP contribution in [0.2, 0.25) is 0 Å². The van der Waals surface area contributed by atoms with E-state index >= 15 is 0 Å². The van der Waals surface area contributed by atoms with Crippen molar-refractivity contribution in [3.05, 3.63) is 22.7 Å². The number of piperidine rings is 1. The molecule has 2 aromatic rings. The Morgan fingerprint density at radius 1 is 1.07 bits per heavy atom. The van der Waals surface area contributed by atoms with Gasteiger partial charge in [-0.2, -0.15) is 18.2 Å². The molecule has 4 rings (SSSR count). The first kappa shape index (κ1) is 34.1. The van der Waals surface area contributed by atoms with E-state index in [1.807, 2.05) is 26.8 Å². The summed E-state index contributed by atoms with van der Waals surface area (Å²) in [6.45, 7) is 12.3. The van der Waals surface area contributed by atoms with Gasteiger partial charge in [-0.15, -0.1) is 0 Å². The van der Waals surface area contributed by atoms with Crippen LogP contribution in [0.1, 0.15) is 64.9 Å². The number of fused-ring (bicyclic) bond motifs is 1. The predicted octanol–water partition coefficient (Wildman–Crippen LogP) is 7.10. The topological polar surface area (TPSA) is 83.1 Å². The fraction of sp³-hybridized carbons (Fsp3) is 0.645. The molecule has 0 spiro atoms. The van der Waals surface area contributed by atoms with Crippen LogP contribution in [0.5, 0.6) is 5.75 Å². The number of likely N-dealkylation sites (tertiary alicyclic amines) is 1. The van der Waals surface area contributed by atoms with E-state index in [0.29, 0.717) is 58.9 Å². The van der Waals surface area contributed by atoms with Crippen molar-refractivity contribution in [1.29, 1.82) is 0 Å². The number of hydrogen-bond acceptors (Lipinski definition) is 8. The quantitative estimate of drug-likeness (QED) is 0.345. The summed E-state index contributed by atoms with van der Waals surface area (Å²) in [6.07, 6.45) is 1.67. The van der Waals surface area contributed by atoms with Crippen LogP contribution < -0.4 is 15.0 Å². The van der Waals surface area contributed by atoms with E-state index in [1.54, 1.807) is 11.0 Å². The minimum atomic E-state index is -4.52. The number of benzene rings is 1. The molecule has 0 bridgehead atoms. The van der Waals surface area contributed by atoms with Crippen molar-refractivity contribution in [2.45, 2.75) is 77.1 Å². The van der Waals surface area contributed by atoms with Crippen LogP contribution in [0.25, 0.3) is 17.0 Å². The zero-order valence-corrected chi connectivity index (χ0v) is 27.7. The van der Waals surface area contributed by atoms with Gasteiger partial charge in [0.15, 0.2) is 12.4 Å². The van der Waals surface area contributed by atoms with Gasteiger partial charge in [-0.25, -0.2) is 9.78 Å². The first-order valence-electron chi connectivity index (χ1n) is 15.3. The molecule has 13 heteroatoms. The Balaban J connectivity index is 1.69. The Bertz CT molecular complexity index is 1300. The molecular formula is C31H44BrF3N6O3. The van der Waals surface area contributed by atoms with Crippen LogP contribution in [0.15, 0.2) is 17.1 Å². The number of anilines is 2. The molecule has 0 radical (unpaired) electrons. The third kappa shape index (κ3) is 9.35. The number of halogens is 4. The largest absolute Gasteiger partial charge is 0.481 e. The molecule has 244 valence electrons. The molecule has 0 aliphatic carbocycles. The summed E-state index contributed by atoms with van der Waals surface area (Å²) < 4.78 is 51.3. The van der Waals surface area contributed by atoms with E-state index in [9.17, 15) is 18.0 Å². The van der Waals surface area contributed by atoms with Gasteiger partial charge in [0.25, 0.3) is 0 Å². The Hall–Kier alpha value is -2.80. The van der Waals surface area contributed by atoms with Crippen LogP contribution in [0.3, 0.4) is 0 Å². The minimum absolute atomic E-state index is 0.0128. The Morgan fingerprint density at radius 2 is 1.68 bits per heavy atom. The molecule has 1 aromatic carbocycles. The molecule has 0 saturated carbocycles. The smallest absolute Gasteiger partial charge is 0.422 e. The summed E-state index contributed by atoms with van der Waals surface area (Å²) in [6, 6.07) is 2.00. The molecule has 0 unspecified atom stereocenters. The van der Waals surface area contributed by atoms with Crippen molar-refractivity contribution in [3.63, 3.8) is 0 Å². The fourth-order valence-corrected chi connectivity index (χ4v) is 6.03. The zero-order chi connectivity index (χ0) is 32.1. The van der Waals surface area contributed by atoms with Crippen molar-refractivity contribution >= 4 is 50.8 Å². The van der Waals surface area contributed by atoms with Crippen molar-refractivity contribution in [1.82, 2.24) is 19.8 Å². The highest BCUT2D eigenvalue weighted by Gasteiger charge is 2.31. The van der Waals surface area contributed by atoms with Gasteiger partial charge in [-0.3, -0.25) is 0 Å². The number of hydrogen-bond donors (Lipinski definition) is 1. The van der Waals surface area contributed by atoms with Crippen molar-refractivity contribution < 1.29 is 27.4 Å². The van der Waals surface area contributed by atoms with Gasteiger partial charge in [0, 0.05) is 37.6 Å². The fourth-order valence-electron chi connectivity index (χ4n) is 5.45. The average Bonchev–Trinajstić information content (AvgIpc) is 2.94. The number of nitrogens with zero attached hydrogens (tertiary/aromatic N) is 5. The highest BCUT2D eigenvalue weighted by Crippen LogP contribution is 2.41. The summed E-state index contributed by atoms with van der Waals surface area (Å²) in [5.41, 5.74) is 0.336. The lowest BCUT2D eigenvalue weighted by atomic mass is 10.1. The van der Waals surface area contributed by atoms with Crippen molar-refractivity contribution in [3.8, 4) is 5.75 Å². The van der Waals surface area contributed by atoms with E-state index < -0.39 is 18.4 Å². The molecule has 1 aromatic heterocycles. The molecule has 44 heavy (non-hydrogen) atoms. The minimum Gasteiger partial charge on any atom is -0.481 e. The highest BCUT2D eigenvalue weighted by molar-refractivity contribution is 9.10. The average molecular weight is 686 g/mol. The van der Waals surface area contributed by atoms with Crippen molar-refractivity contribution in [2.75, 3.05) is 63.1 Å². The summed E-state index contributed by atoms with van der Waals surface area (Å²) in [4.78, 5) is 28.7. The van der Waals surface area contributed by atoms with Crippen LogP contribution in [-0.2, 0) is 4.74 Å². The number of alkyl halides is 3. The number of rotatable bonds is 6. The maximum absolute atomic E-state index is 13.3. The van der Waals surface area contributed by atoms with Gasteiger partial charge in [-0.1, -0.05) is 12.7 Å². The lowest BCUT2D eigenvalue weighted by Gasteiger charge is -2.32. The summed E-state index contributed by atoms with van der Waals surface area (Å²) in [5, 5.41) is 4.06. The molecule has 2 aliphatic rings. The summed E-state index contributed by atoms with van der Waals surface area (Å²) in [7, 11) is 2.08. The summed E-state index contributed by atoms with van der Waals surface area (Å²) >= 11 is 3.45. The lowest BCUT2D eigenvalue weighted by molar-refractivity contribution is -0.153. The van der Waals surface area contributed by atoms with E-state index in [4.69, 9.17) is 19.4 Å². The maximum Gasteiger partial charge on any atom is 0.422 e. The van der Waals surface area contributed by atoms with Gasteiger partial charge in [0.2, 0.25) is 5.95 Å². The molecular weight excluding hydrogens is 641 g/mol. The van der Waals surface area contributed by atoms with Gasteiger partial charge in [0.1, 0.15) is 16.9 Å². The molecule has 2 saturated heterocycles. The van der Waals surface area contributed by atoms with E-state index in [1.165, 1.54) is 0 Å². The second-order valence-corrected chi connectivity index (χ2v) is 13.4. The standard InChI is InChI=1S/C31H44BrF3N6O3/c1-6-21-19-23-25(26(24(21)32)43-20-31(33,34)35)37-28(36-22-11-17-39(5)18-12-22)38-27(23)40-13-7-9-15-41(16-10-8-14-40)29(42)44-30(2,3)4/h6,19,22H,1,7-18,20H2,2-5H3,(H,36,37,38). The molecule has 2 aliphatic heterocycles. The van der Waals surface area contributed by atoms with E-state index in [0.717, 1.165) is 51.6 Å². The molecule has 2 fully saturated rings. The zero-order valence-electron chi connectivity index (χ0n) is 26.1. The third-order valence-electron chi connectivity index (χ3n) is 7.71. The van der Waals surface area contributed by atoms with Crippen molar-refractivity contribution in [2.24, 2.45) is 0 Å². The van der Waals surface area contributed by atoms with Gasteiger partial charge in [0.05, 0.1) is 4.47 Å². The Kier molecular flexibility index (Phi) is 11.3. The first-order valence-corrected chi connectivity index (χ1v) is 16.1. The first-order chi connectivity index (χ1) is 20.7. The molecule has 1 N–H and O–H groups in total. The number of carbonyl (C=O) groups excluding carboxylic acids is 1. The predicted molar refractivity (Wildman–Crippen MR) is 172 cm³/mol. The second kappa shape index (κ2) is 14.5. The maximum atomic E-state index is 13.3. The van der Waals surface area contributed by atoms with Crippen LogP contribution in [-0.4, -0.2) is 96.6 Å². The molecule has 9 nitrogen and oxygen atoms in total. The lowest BCUT2D eigenvalue weighted by Crippen LogP contribution is -2.39. The Labute approximate surface area is 266 Å². The highest BCUT2D eigenvalue weighted by atomic mass is 79.9. The molecule has 3 heterocycles. The van der Waals surface area contributed by atoms with Crippen LogP contribution in [0.4, 0.5) is 29.7 Å². The number of carbonyl (C=O) groups is 1. The Morgan fingerprint density at radius 3 is 2.25 bits per heavy atom. The normalized spacial score (nSPS) is 18.3. The summed E-state index contributed by atoms with van der Waals surface area (Å²) in [5.74, 6) is 1.02.